The Morgan fingerprint density at radius 3 is 2.73 bits per heavy atom. The molecule has 84 valence electrons. The molecule has 0 aliphatic heterocycles. The van der Waals surface area contributed by atoms with Gasteiger partial charge in [0.05, 0.1) is 6.10 Å². The van der Waals surface area contributed by atoms with Crippen molar-refractivity contribution >= 4 is 5.82 Å². The molecule has 0 fully saturated rings. The number of hydrogen-bond donors (Lipinski definition) is 1. The number of anilines is 1. The van der Waals surface area contributed by atoms with Crippen LogP contribution in [0, 0.1) is 5.92 Å². The Bertz CT molecular complexity index is 299. The summed E-state index contributed by atoms with van der Waals surface area (Å²) in [4.78, 5) is 4.13. The summed E-state index contributed by atoms with van der Waals surface area (Å²) < 4.78 is 5.79. The second-order valence-electron chi connectivity index (χ2n) is 4.18. The van der Waals surface area contributed by atoms with Crippen molar-refractivity contribution in [3.05, 3.63) is 18.3 Å². The van der Waals surface area contributed by atoms with Crippen molar-refractivity contribution in [2.24, 2.45) is 5.92 Å². The topological polar surface area (TPSA) is 34.1 Å². The fourth-order valence-electron chi connectivity index (χ4n) is 1.57. The van der Waals surface area contributed by atoms with Gasteiger partial charge in [0.15, 0.2) is 0 Å². The van der Waals surface area contributed by atoms with Gasteiger partial charge in [0.1, 0.15) is 11.6 Å². The fraction of sp³-hybridized carbons (Fsp3) is 0.583. The molecule has 0 radical (unpaired) electrons. The van der Waals surface area contributed by atoms with E-state index in [-0.39, 0.29) is 6.10 Å². The van der Waals surface area contributed by atoms with E-state index in [0.717, 1.165) is 18.0 Å². The van der Waals surface area contributed by atoms with Crippen molar-refractivity contribution in [1.82, 2.24) is 4.98 Å². The maximum Gasteiger partial charge on any atom is 0.129 e. The maximum atomic E-state index is 5.79. The summed E-state index contributed by atoms with van der Waals surface area (Å²) >= 11 is 0. The maximum absolute atomic E-state index is 5.79. The molecule has 15 heavy (non-hydrogen) atoms. The van der Waals surface area contributed by atoms with Gasteiger partial charge in [-0.25, -0.2) is 4.98 Å². The molecule has 0 aliphatic carbocycles. The molecular formula is C12H20N2O. The Labute approximate surface area is 91.9 Å². The minimum atomic E-state index is 0.247. The number of pyridine rings is 1. The standard InChI is InChI=1S/C12H20N2O/c1-9(2)7-10(3)15-11-5-6-14-12(8-11)13-4/h5-6,8-10H,7H2,1-4H3,(H,13,14). The summed E-state index contributed by atoms with van der Waals surface area (Å²) in [6, 6.07) is 3.80. The lowest BCUT2D eigenvalue weighted by atomic mass is 10.1. The van der Waals surface area contributed by atoms with Gasteiger partial charge in [-0.2, -0.15) is 0 Å². The number of nitrogens with zero attached hydrogens (tertiary/aromatic N) is 1. The first-order valence-corrected chi connectivity index (χ1v) is 5.42. The molecule has 1 rings (SSSR count). The van der Waals surface area contributed by atoms with Gasteiger partial charge in [-0.1, -0.05) is 13.8 Å². The Morgan fingerprint density at radius 1 is 1.40 bits per heavy atom. The normalized spacial score (nSPS) is 12.6. The van der Waals surface area contributed by atoms with Gasteiger partial charge in [0.2, 0.25) is 0 Å². The molecule has 0 saturated heterocycles. The van der Waals surface area contributed by atoms with E-state index in [9.17, 15) is 0 Å². The zero-order valence-electron chi connectivity index (χ0n) is 9.95. The Morgan fingerprint density at radius 2 is 2.13 bits per heavy atom. The van der Waals surface area contributed by atoms with Gasteiger partial charge in [-0.05, 0) is 25.3 Å². The second-order valence-corrected chi connectivity index (χ2v) is 4.18. The first-order chi connectivity index (χ1) is 7.11. The third kappa shape index (κ3) is 4.19. The van der Waals surface area contributed by atoms with Crippen molar-refractivity contribution in [2.75, 3.05) is 12.4 Å². The van der Waals surface area contributed by atoms with Gasteiger partial charge < -0.3 is 10.1 Å². The molecule has 1 N–H and O–H groups in total. The van der Waals surface area contributed by atoms with Crippen molar-refractivity contribution in [3.8, 4) is 5.75 Å². The molecule has 0 amide bonds. The molecule has 0 bridgehead atoms. The van der Waals surface area contributed by atoms with Crippen molar-refractivity contribution in [1.29, 1.82) is 0 Å². The Kier molecular flexibility index (Phi) is 4.40. The predicted octanol–water partition coefficient (Wildman–Crippen LogP) is 2.94. The summed E-state index contributed by atoms with van der Waals surface area (Å²) in [5.41, 5.74) is 0. The van der Waals surface area contributed by atoms with Gasteiger partial charge in [-0.3, -0.25) is 0 Å². The third-order valence-corrected chi connectivity index (χ3v) is 2.13. The van der Waals surface area contributed by atoms with Gasteiger partial charge in [0.25, 0.3) is 0 Å². The smallest absolute Gasteiger partial charge is 0.129 e. The lowest BCUT2D eigenvalue weighted by Crippen LogP contribution is -2.14. The van der Waals surface area contributed by atoms with Crippen LogP contribution in [0.3, 0.4) is 0 Å². The molecule has 3 nitrogen and oxygen atoms in total. The molecule has 0 aromatic carbocycles. The number of nitrogens with one attached hydrogen (secondary N) is 1. The first kappa shape index (κ1) is 11.8. The summed E-state index contributed by atoms with van der Waals surface area (Å²) in [6.45, 7) is 6.50. The average molecular weight is 208 g/mol. The van der Waals surface area contributed by atoms with Crippen LogP contribution in [0.4, 0.5) is 5.82 Å². The largest absolute Gasteiger partial charge is 0.491 e. The van der Waals surface area contributed by atoms with Crippen LogP contribution in [0.2, 0.25) is 0 Å². The molecule has 0 aliphatic rings. The lowest BCUT2D eigenvalue weighted by Gasteiger charge is -2.16. The molecule has 0 spiro atoms. The monoisotopic (exact) mass is 208 g/mol. The Hall–Kier alpha value is -1.25. The molecule has 3 heteroatoms. The zero-order chi connectivity index (χ0) is 11.3. The summed E-state index contributed by atoms with van der Waals surface area (Å²) in [6.07, 6.45) is 3.07. The van der Waals surface area contributed by atoms with Gasteiger partial charge in [-0.15, -0.1) is 0 Å². The molecule has 1 aromatic rings. The highest BCUT2D eigenvalue weighted by Gasteiger charge is 2.06. The molecule has 1 heterocycles. The minimum Gasteiger partial charge on any atom is -0.491 e. The van der Waals surface area contributed by atoms with E-state index in [4.69, 9.17) is 4.74 Å². The van der Waals surface area contributed by atoms with E-state index in [1.54, 1.807) is 6.20 Å². The second kappa shape index (κ2) is 5.59. The fourth-order valence-corrected chi connectivity index (χ4v) is 1.57. The molecule has 1 aromatic heterocycles. The van der Waals surface area contributed by atoms with E-state index in [1.807, 2.05) is 19.2 Å². The van der Waals surface area contributed by atoms with Crippen molar-refractivity contribution in [2.45, 2.75) is 33.3 Å². The van der Waals surface area contributed by atoms with Crippen molar-refractivity contribution < 1.29 is 4.74 Å². The minimum absolute atomic E-state index is 0.247. The predicted molar refractivity (Wildman–Crippen MR) is 63.3 cm³/mol. The number of hydrogen-bond acceptors (Lipinski definition) is 3. The molecule has 1 atom stereocenters. The molecule has 1 unspecified atom stereocenters. The summed E-state index contributed by atoms with van der Waals surface area (Å²) in [5, 5.41) is 2.99. The summed E-state index contributed by atoms with van der Waals surface area (Å²) in [7, 11) is 1.85. The van der Waals surface area contributed by atoms with Crippen LogP contribution in [0.15, 0.2) is 18.3 Å². The highest BCUT2D eigenvalue weighted by molar-refractivity contribution is 5.39. The third-order valence-electron chi connectivity index (χ3n) is 2.13. The van der Waals surface area contributed by atoms with E-state index in [2.05, 4.69) is 31.1 Å². The quantitative estimate of drug-likeness (QED) is 0.807. The number of rotatable bonds is 5. The van der Waals surface area contributed by atoms with Crippen LogP contribution < -0.4 is 10.1 Å². The molecular weight excluding hydrogens is 188 g/mol. The number of ether oxygens (including phenoxy) is 1. The van der Waals surface area contributed by atoms with E-state index < -0.39 is 0 Å². The lowest BCUT2D eigenvalue weighted by molar-refractivity contribution is 0.193. The first-order valence-electron chi connectivity index (χ1n) is 5.42. The number of aromatic nitrogens is 1. The van der Waals surface area contributed by atoms with Crippen LogP contribution in [-0.4, -0.2) is 18.1 Å². The van der Waals surface area contributed by atoms with Gasteiger partial charge >= 0.3 is 0 Å². The van der Waals surface area contributed by atoms with E-state index in [0.29, 0.717) is 5.92 Å². The van der Waals surface area contributed by atoms with Crippen LogP contribution in [0.1, 0.15) is 27.2 Å². The van der Waals surface area contributed by atoms with E-state index >= 15 is 0 Å². The van der Waals surface area contributed by atoms with Gasteiger partial charge in [0, 0.05) is 19.3 Å². The zero-order valence-corrected chi connectivity index (χ0v) is 9.95. The highest BCUT2D eigenvalue weighted by Crippen LogP contribution is 2.17. The van der Waals surface area contributed by atoms with E-state index in [1.165, 1.54) is 0 Å². The highest BCUT2D eigenvalue weighted by atomic mass is 16.5. The molecule has 0 saturated carbocycles. The SMILES string of the molecule is CNc1cc(OC(C)CC(C)C)ccn1. The summed E-state index contributed by atoms with van der Waals surface area (Å²) in [5.74, 6) is 2.37. The van der Waals surface area contributed by atoms with Crippen LogP contribution in [-0.2, 0) is 0 Å². The Balaban J connectivity index is 2.55. The van der Waals surface area contributed by atoms with Crippen LogP contribution >= 0.6 is 0 Å². The van der Waals surface area contributed by atoms with Crippen molar-refractivity contribution in [3.63, 3.8) is 0 Å². The van der Waals surface area contributed by atoms with Crippen LogP contribution in [0.25, 0.3) is 0 Å². The van der Waals surface area contributed by atoms with Crippen LogP contribution in [0.5, 0.6) is 5.75 Å². The average Bonchev–Trinajstić information content (AvgIpc) is 2.16.